The van der Waals surface area contributed by atoms with Gasteiger partial charge >= 0.3 is 6.18 Å². The van der Waals surface area contributed by atoms with Crippen LogP contribution in [0.3, 0.4) is 0 Å². The summed E-state index contributed by atoms with van der Waals surface area (Å²) in [5.74, 6) is 1.83. The molecule has 26 heavy (non-hydrogen) atoms. The van der Waals surface area contributed by atoms with Gasteiger partial charge in [-0.15, -0.1) is 10.2 Å². The van der Waals surface area contributed by atoms with Crippen LogP contribution in [0.5, 0.6) is 11.5 Å². The summed E-state index contributed by atoms with van der Waals surface area (Å²) in [4.78, 5) is 0. The average molecular weight is 380 g/mol. The van der Waals surface area contributed by atoms with Crippen LogP contribution in [0.25, 0.3) is 11.5 Å². The van der Waals surface area contributed by atoms with Crippen LogP contribution in [-0.2, 0) is 11.9 Å². The summed E-state index contributed by atoms with van der Waals surface area (Å²) in [5, 5.41) is 8.16. The van der Waals surface area contributed by atoms with E-state index in [0.717, 1.165) is 12.1 Å². The van der Waals surface area contributed by atoms with Crippen LogP contribution in [0.4, 0.5) is 13.2 Å². The van der Waals surface area contributed by atoms with Gasteiger partial charge in [0.1, 0.15) is 0 Å². The highest BCUT2D eigenvalue weighted by Gasteiger charge is 2.30. The Morgan fingerprint density at radius 1 is 1.00 bits per heavy atom. The number of rotatable bonds is 4. The minimum absolute atomic E-state index is 0.167. The van der Waals surface area contributed by atoms with Gasteiger partial charge in [0.25, 0.3) is 5.22 Å². The topological polar surface area (TPSA) is 57.4 Å². The van der Waals surface area contributed by atoms with Crippen molar-refractivity contribution in [3.8, 4) is 23.0 Å². The standard InChI is InChI=1S/C17H11F3N2O3S/c18-17(19,20)12-3-1-2-10(6-12)8-26-16-22-21-15(25-16)11-4-5-13-14(7-11)24-9-23-13/h1-7H,8-9H2. The molecule has 0 aliphatic carbocycles. The van der Waals surface area contributed by atoms with Crippen molar-refractivity contribution >= 4 is 11.8 Å². The molecule has 2 aromatic carbocycles. The molecular formula is C17H11F3N2O3S. The fourth-order valence-electron chi connectivity index (χ4n) is 2.40. The molecule has 3 aromatic rings. The van der Waals surface area contributed by atoms with Gasteiger partial charge in [-0.2, -0.15) is 13.2 Å². The molecule has 0 spiro atoms. The van der Waals surface area contributed by atoms with Crippen LogP contribution < -0.4 is 9.47 Å². The highest BCUT2D eigenvalue weighted by molar-refractivity contribution is 7.98. The van der Waals surface area contributed by atoms with Gasteiger partial charge in [-0.25, -0.2) is 0 Å². The highest BCUT2D eigenvalue weighted by atomic mass is 32.2. The number of nitrogens with zero attached hydrogens (tertiary/aromatic N) is 2. The van der Waals surface area contributed by atoms with Crippen LogP contribution >= 0.6 is 11.8 Å². The third-order valence-corrected chi connectivity index (χ3v) is 4.53. The number of thioether (sulfide) groups is 1. The molecule has 0 bridgehead atoms. The van der Waals surface area contributed by atoms with Gasteiger partial charge in [-0.1, -0.05) is 30.0 Å². The maximum atomic E-state index is 12.7. The van der Waals surface area contributed by atoms with Crippen molar-refractivity contribution in [3.63, 3.8) is 0 Å². The number of halogens is 3. The Hall–Kier alpha value is -2.68. The molecule has 0 N–H and O–H groups in total. The van der Waals surface area contributed by atoms with E-state index in [1.807, 2.05) is 0 Å². The zero-order valence-electron chi connectivity index (χ0n) is 13.1. The Morgan fingerprint density at radius 3 is 2.69 bits per heavy atom. The Morgan fingerprint density at radius 2 is 1.85 bits per heavy atom. The first kappa shape index (κ1) is 16.8. The maximum absolute atomic E-state index is 12.7. The molecule has 4 rings (SSSR count). The largest absolute Gasteiger partial charge is 0.454 e. The van der Waals surface area contributed by atoms with Crippen molar-refractivity contribution < 1.29 is 27.1 Å². The Labute approximate surface area is 150 Å². The lowest BCUT2D eigenvalue weighted by Gasteiger charge is -2.07. The van der Waals surface area contributed by atoms with E-state index in [4.69, 9.17) is 13.9 Å². The first-order valence-electron chi connectivity index (χ1n) is 7.51. The zero-order chi connectivity index (χ0) is 18.1. The number of hydrogen-bond acceptors (Lipinski definition) is 6. The summed E-state index contributed by atoms with van der Waals surface area (Å²) in [7, 11) is 0. The average Bonchev–Trinajstić information content (AvgIpc) is 3.28. The van der Waals surface area contributed by atoms with Crippen molar-refractivity contribution in [1.29, 1.82) is 0 Å². The van der Waals surface area contributed by atoms with Crippen LogP contribution in [-0.4, -0.2) is 17.0 Å². The quantitative estimate of drug-likeness (QED) is 0.608. The van der Waals surface area contributed by atoms with E-state index in [1.54, 1.807) is 24.3 Å². The van der Waals surface area contributed by atoms with E-state index in [2.05, 4.69) is 10.2 Å². The molecule has 1 aromatic heterocycles. The van der Waals surface area contributed by atoms with Crippen LogP contribution in [0, 0.1) is 0 Å². The van der Waals surface area contributed by atoms with E-state index in [1.165, 1.54) is 17.8 Å². The van der Waals surface area contributed by atoms with Gasteiger partial charge in [0.15, 0.2) is 11.5 Å². The van der Waals surface area contributed by atoms with E-state index < -0.39 is 11.7 Å². The smallest absolute Gasteiger partial charge is 0.416 e. The highest BCUT2D eigenvalue weighted by Crippen LogP contribution is 2.36. The van der Waals surface area contributed by atoms with Crippen molar-refractivity contribution in [3.05, 3.63) is 53.6 Å². The number of hydrogen-bond donors (Lipinski definition) is 0. The van der Waals surface area contributed by atoms with Gasteiger partial charge < -0.3 is 13.9 Å². The number of aromatic nitrogens is 2. The molecule has 9 heteroatoms. The molecule has 2 heterocycles. The van der Waals surface area contributed by atoms with Crippen molar-refractivity contribution in [1.82, 2.24) is 10.2 Å². The second-order valence-corrected chi connectivity index (χ2v) is 6.35. The first-order valence-corrected chi connectivity index (χ1v) is 8.50. The molecule has 0 fully saturated rings. The molecule has 0 saturated carbocycles. The summed E-state index contributed by atoms with van der Waals surface area (Å²) in [5.41, 5.74) is 0.516. The van der Waals surface area contributed by atoms with Crippen LogP contribution in [0.15, 0.2) is 52.1 Å². The lowest BCUT2D eigenvalue weighted by Crippen LogP contribution is -2.04. The van der Waals surface area contributed by atoms with Crippen LogP contribution in [0.1, 0.15) is 11.1 Å². The number of benzene rings is 2. The van der Waals surface area contributed by atoms with Crippen LogP contribution in [0.2, 0.25) is 0 Å². The Kier molecular flexibility index (Phi) is 4.23. The van der Waals surface area contributed by atoms with E-state index in [9.17, 15) is 13.2 Å². The molecule has 0 radical (unpaired) electrons. The van der Waals surface area contributed by atoms with Gasteiger partial charge in [-0.3, -0.25) is 0 Å². The van der Waals surface area contributed by atoms with E-state index in [0.29, 0.717) is 28.5 Å². The third kappa shape index (κ3) is 3.48. The summed E-state index contributed by atoms with van der Waals surface area (Å²) in [6, 6.07) is 10.4. The van der Waals surface area contributed by atoms with Gasteiger partial charge in [0, 0.05) is 11.3 Å². The third-order valence-electron chi connectivity index (χ3n) is 3.64. The fraction of sp³-hybridized carbons (Fsp3) is 0.176. The predicted molar refractivity (Wildman–Crippen MR) is 86.9 cm³/mol. The number of fused-ring (bicyclic) bond motifs is 1. The lowest BCUT2D eigenvalue weighted by atomic mass is 10.1. The molecule has 0 saturated heterocycles. The van der Waals surface area contributed by atoms with Gasteiger partial charge in [-0.05, 0) is 29.8 Å². The summed E-state index contributed by atoms with van der Waals surface area (Å²) in [6.45, 7) is 0.167. The molecule has 134 valence electrons. The molecular weight excluding hydrogens is 369 g/mol. The van der Waals surface area contributed by atoms with E-state index >= 15 is 0 Å². The summed E-state index contributed by atoms with van der Waals surface area (Å²) >= 11 is 1.17. The van der Waals surface area contributed by atoms with Crippen molar-refractivity contribution in [2.75, 3.05) is 6.79 Å². The summed E-state index contributed by atoms with van der Waals surface area (Å²) in [6.07, 6.45) is -4.36. The lowest BCUT2D eigenvalue weighted by molar-refractivity contribution is -0.137. The van der Waals surface area contributed by atoms with Crippen molar-refractivity contribution in [2.24, 2.45) is 0 Å². The predicted octanol–water partition coefficient (Wildman–Crippen LogP) is 4.78. The molecule has 1 aliphatic rings. The molecule has 5 nitrogen and oxygen atoms in total. The minimum atomic E-state index is -4.36. The fourth-order valence-corrected chi connectivity index (χ4v) is 3.10. The van der Waals surface area contributed by atoms with E-state index in [-0.39, 0.29) is 17.8 Å². The summed E-state index contributed by atoms with van der Waals surface area (Å²) < 4.78 is 54.4. The molecule has 0 amide bonds. The second-order valence-electron chi connectivity index (χ2n) is 5.43. The SMILES string of the molecule is FC(F)(F)c1cccc(CSc2nnc(-c3ccc4c(c3)OCO4)o2)c1. The van der Waals surface area contributed by atoms with Gasteiger partial charge in [0.05, 0.1) is 5.56 Å². The number of alkyl halides is 3. The van der Waals surface area contributed by atoms with Crippen molar-refractivity contribution in [2.45, 2.75) is 17.2 Å². The Balaban J connectivity index is 1.46. The first-order chi connectivity index (χ1) is 12.5. The van der Waals surface area contributed by atoms with Gasteiger partial charge in [0.2, 0.25) is 12.7 Å². The normalized spacial score (nSPS) is 13.2. The monoisotopic (exact) mass is 380 g/mol. The Bertz CT molecular complexity index is 943. The molecule has 0 unspecified atom stereocenters. The maximum Gasteiger partial charge on any atom is 0.416 e. The second kappa shape index (κ2) is 6.56. The number of ether oxygens (including phenoxy) is 2. The molecule has 1 aliphatic heterocycles. The zero-order valence-corrected chi connectivity index (χ0v) is 13.9. The molecule has 0 atom stereocenters. The minimum Gasteiger partial charge on any atom is -0.454 e.